The van der Waals surface area contributed by atoms with E-state index in [-0.39, 0.29) is 24.4 Å². The molecule has 0 aliphatic carbocycles. The van der Waals surface area contributed by atoms with E-state index in [1.165, 1.54) is 12.8 Å². The van der Waals surface area contributed by atoms with Crippen molar-refractivity contribution < 1.29 is 13.9 Å². The van der Waals surface area contributed by atoms with Crippen LogP contribution in [0.25, 0.3) is 0 Å². The van der Waals surface area contributed by atoms with Crippen molar-refractivity contribution in [1.82, 2.24) is 10.2 Å². The number of rotatable bonds is 6. The van der Waals surface area contributed by atoms with E-state index < -0.39 is 0 Å². The zero-order valence-corrected chi connectivity index (χ0v) is 14.6. The third-order valence-electron chi connectivity index (χ3n) is 4.26. The number of halogens is 1. The van der Waals surface area contributed by atoms with Gasteiger partial charge >= 0.3 is 0 Å². The van der Waals surface area contributed by atoms with Gasteiger partial charge in [-0.3, -0.25) is 9.69 Å². The van der Waals surface area contributed by atoms with Crippen molar-refractivity contribution in [3.8, 4) is 5.75 Å². The second kappa shape index (κ2) is 8.76. The van der Waals surface area contributed by atoms with Crippen LogP contribution >= 0.6 is 12.4 Å². The topological polar surface area (TPSA) is 54.7 Å². The number of methoxy groups -OCH3 is 1. The van der Waals surface area contributed by atoms with Gasteiger partial charge in [-0.2, -0.15) is 0 Å². The van der Waals surface area contributed by atoms with Crippen LogP contribution in [-0.4, -0.2) is 37.6 Å². The van der Waals surface area contributed by atoms with Crippen LogP contribution in [0.15, 0.2) is 47.1 Å². The fourth-order valence-electron chi connectivity index (χ4n) is 2.98. The van der Waals surface area contributed by atoms with Crippen LogP contribution in [0.4, 0.5) is 0 Å². The Hall–Kier alpha value is -1.98. The van der Waals surface area contributed by atoms with Gasteiger partial charge in [0.2, 0.25) is 0 Å². The molecule has 5 nitrogen and oxygen atoms in total. The quantitative estimate of drug-likeness (QED) is 0.868. The predicted molar refractivity (Wildman–Crippen MR) is 94.8 cm³/mol. The number of hydrogen-bond acceptors (Lipinski definition) is 4. The first-order valence-electron chi connectivity index (χ1n) is 7.97. The molecular formula is C18H23ClN2O3. The predicted octanol–water partition coefficient (Wildman–Crippen LogP) is 3.28. The van der Waals surface area contributed by atoms with Crippen molar-refractivity contribution >= 4 is 18.3 Å². The Morgan fingerprint density at radius 1 is 1.25 bits per heavy atom. The fraction of sp³-hybridized carbons (Fsp3) is 0.389. The molecule has 3 rings (SSSR count). The summed E-state index contributed by atoms with van der Waals surface area (Å²) in [5.74, 6) is 1.57. The van der Waals surface area contributed by atoms with Crippen molar-refractivity contribution in [3.05, 3.63) is 54.0 Å². The number of nitrogens with zero attached hydrogens (tertiary/aromatic N) is 1. The average Bonchev–Trinajstić information content (AvgIpc) is 3.29. The lowest BCUT2D eigenvalue weighted by atomic mass is 10.1. The highest BCUT2D eigenvalue weighted by atomic mass is 35.5. The molecule has 0 spiro atoms. The van der Waals surface area contributed by atoms with Gasteiger partial charge < -0.3 is 14.5 Å². The van der Waals surface area contributed by atoms with Crippen LogP contribution in [0.1, 0.15) is 35.0 Å². The number of furan rings is 1. The maximum absolute atomic E-state index is 12.3. The molecule has 6 heteroatoms. The number of carbonyl (C=O) groups excluding carboxylic acids is 1. The van der Waals surface area contributed by atoms with Gasteiger partial charge in [0.25, 0.3) is 5.91 Å². The first kappa shape index (κ1) is 18.4. The van der Waals surface area contributed by atoms with Crippen LogP contribution < -0.4 is 10.1 Å². The molecule has 1 unspecified atom stereocenters. The summed E-state index contributed by atoms with van der Waals surface area (Å²) in [6, 6.07) is 11.1. The third kappa shape index (κ3) is 4.30. The molecule has 1 amide bonds. The molecule has 1 aromatic carbocycles. The minimum atomic E-state index is -0.0802. The molecule has 1 saturated heterocycles. The van der Waals surface area contributed by atoms with Gasteiger partial charge in [0.05, 0.1) is 19.4 Å². The number of nitrogens with one attached hydrogen (secondary N) is 1. The molecule has 0 bridgehead atoms. The Balaban J connectivity index is 0.00000208. The van der Waals surface area contributed by atoms with Crippen molar-refractivity contribution in [3.63, 3.8) is 0 Å². The summed E-state index contributed by atoms with van der Waals surface area (Å²) in [4.78, 5) is 14.7. The summed E-state index contributed by atoms with van der Waals surface area (Å²) in [7, 11) is 1.61. The number of likely N-dealkylation sites (tertiary alicyclic amines) is 1. The zero-order chi connectivity index (χ0) is 16.1. The summed E-state index contributed by atoms with van der Waals surface area (Å²) < 4.78 is 10.7. The molecule has 0 radical (unpaired) electrons. The lowest BCUT2D eigenvalue weighted by Crippen LogP contribution is -2.36. The molecule has 1 aliphatic heterocycles. The largest absolute Gasteiger partial charge is 0.497 e. The number of hydrogen-bond donors (Lipinski definition) is 1. The minimum Gasteiger partial charge on any atom is -0.497 e. The SMILES string of the molecule is COc1ccc(C(=O)NCC(c2ccco2)N2CCCC2)cc1.Cl. The van der Waals surface area contributed by atoms with Crippen LogP contribution in [0.5, 0.6) is 5.75 Å². The molecule has 2 heterocycles. The van der Waals surface area contributed by atoms with Crippen molar-refractivity contribution in [2.75, 3.05) is 26.7 Å². The number of ether oxygens (including phenoxy) is 1. The Kier molecular flexibility index (Phi) is 6.70. The van der Waals surface area contributed by atoms with Crippen LogP contribution in [0, 0.1) is 0 Å². The first-order chi connectivity index (χ1) is 11.3. The van der Waals surface area contributed by atoms with E-state index in [4.69, 9.17) is 9.15 Å². The molecule has 2 aromatic rings. The smallest absolute Gasteiger partial charge is 0.251 e. The van der Waals surface area contributed by atoms with E-state index >= 15 is 0 Å². The van der Waals surface area contributed by atoms with Crippen LogP contribution in [0.2, 0.25) is 0 Å². The summed E-state index contributed by atoms with van der Waals surface area (Å²) in [6.07, 6.45) is 4.08. The number of amides is 1. The highest BCUT2D eigenvalue weighted by molar-refractivity contribution is 5.94. The molecule has 0 saturated carbocycles. The summed E-state index contributed by atoms with van der Waals surface area (Å²) in [5.41, 5.74) is 0.630. The van der Waals surface area contributed by atoms with Crippen LogP contribution in [0.3, 0.4) is 0 Å². The van der Waals surface area contributed by atoms with Crippen molar-refractivity contribution in [2.45, 2.75) is 18.9 Å². The van der Waals surface area contributed by atoms with E-state index in [0.29, 0.717) is 12.1 Å². The van der Waals surface area contributed by atoms with Crippen molar-refractivity contribution in [2.24, 2.45) is 0 Å². The third-order valence-corrected chi connectivity index (χ3v) is 4.26. The summed E-state index contributed by atoms with van der Waals surface area (Å²) >= 11 is 0. The van der Waals surface area contributed by atoms with Gasteiger partial charge in [-0.25, -0.2) is 0 Å². The first-order valence-corrected chi connectivity index (χ1v) is 7.97. The van der Waals surface area contributed by atoms with E-state index in [0.717, 1.165) is 24.6 Å². The second-order valence-electron chi connectivity index (χ2n) is 5.71. The van der Waals surface area contributed by atoms with E-state index in [1.54, 1.807) is 37.6 Å². The maximum Gasteiger partial charge on any atom is 0.251 e. The maximum atomic E-state index is 12.3. The molecule has 1 N–H and O–H groups in total. The fourth-order valence-corrected chi connectivity index (χ4v) is 2.98. The number of benzene rings is 1. The molecule has 24 heavy (non-hydrogen) atoms. The standard InChI is InChI=1S/C18H22N2O3.ClH/c1-22-15-8-6-14(7-9-15)18(21)19-13-16(17-5-4-12-23-17)20-10-2-3-11-20;/h4-9,12,16H,2-3,10-11,13H2,1H3,(H,19,21);1H. The number of carbonyl (C=O) groups is 1. The second-order valence-corrected chi connectivity index (χ2v) is 5.71. The summed E-state index contributed by atoms with van der Waals surface area (Å²) in [5, 5.41) is 3.02. The molecular weight excluding hydrogens is 328 g/mol. The van der Waals surface area contributed by atoms with Gasteiger partial charge in [0, 0.05) is 12.1 Å². The van der Waals surface area contributed by atoms with Crippen molar-refractivity contribution in [1.29, 1.82) is 0 Å². The normalized spacial score (nSPS) is 15.5. The Bertz CT molecular complexity index is 622. The highest BCUT2D eigenvalue weighted by Gasteiger charge is 2.26. The average molecular weight is 351 g/mol. The van der Waals surface area contributed by atoms with E-state index in [1.807, 2.05) is 12.1 Å². The Morgan fingerprint density at radius 2 is 1.96 bits per heavy atom. The molecule has 1 aliphatic rings. The highest BCUT2D eigenvalue weighted by Crippen LogP contribution is 2.25. The Labute approximate surface area is 148 Å². The van der Waals surface area contributed by atoms with Crippen LogP contribution in [-0.2, 0) is 0 Å². The van der Waals surface area contributed by atoms with Gasteiger partial charge in [-0.05, 0) is 62.3 Å². The lowest BCUT2D eigenvalue weighted by Gasteiger charge is -2.26. The van der Waals surface area contributed by atoms with Gasteiger partial charge in [0.1, 0.15) is 11.5 Å². The van der Waals surface area contributed by atoms with Gasteiger partial charge in [0.15, 0.2) is 0 Å². The van der Waals surface area contributed by atoms with E-state index in [2.05, 4.69) is 10.2 Å². The summed E-state index contributed by atoms with van der Waals surface area (Å²) in [6.45, 7) is 2.63. The molecule has 1 atom stereocenters. The Morgan fingerprint density at radius 3 is 2.54 bits per heavy atom. The van der Waals surface area contributed by atoms with E-state index in [9.17, 15) is 4.79 Å². The zero-order valence-electron chi connectivity index (χ0n) is 13.7. The molecule has 1 aromatic heterocycles. The van der Waals surface area contributed by atoms with Gasteiger partial charge in [-0.15, -0.1) is 12.4 Å². The monoisotopic (exact) mass is 350 g/mol. The molecule has 130 valence electrons. The van der Waals surface area contributed by atoms with Gasteiger partial charge in [-0.1, -0.05) is 0 Å². The lowest BCUT2D eigenvalue weighted by molar-refractivity contribution is 0.0933. The molecule has 1 fully saturated rings. The minimum absolute atomic E-state index is 0.